The maximum Gasteiger partial charge on any atom is 0.148 e. The van der Waals surface area contributed by atoms with Crippen LogP contribution in [0.15, 0.2) is 42.5 Å². The fraction of sp³-hybridized carbons (Fsp3) is 0.125. The Morgan fingerprint density at radius 2 is 1.90 bits per heavy atom. The number of benzene rings is 2. The van der Waals surface area contributed by atoms with Gasteiger partial charge in [-0.1, -0.05) is 19.1 Å². The topological polar surface area (TPSA) is 30.2 Å². The van der Waals surface area contributed by atoms with Gasteiger partial charge in [-0.05, 0) is 52.9 Å². The zero-order chi connectivity index (χ0) is 13.7. The number of hydrogen-bond donors (Lipinski definition) is 0. The Kier molecular flexibility index (Phi) is 2.66. The molecule has 0 amide bonds. The summed E-state index contributed by atoms with van der Waals surface area (Å²) in [4.78, 5) is 9.62. The van der Waals surface area contributed by atoms with Crippen molar-refractivity contribution in [1.29, 1.82) is 0 Å². The smallest absolute Gasteiger partial charge is 0.148 e. The third-order valence-electron chi connectivity index (χ3n) is 3.58. The molecule has 20 heavy (non-hydrogen) atoms. The zero-order valence-corrected chi connectivity index (χ0v) is 13.1. The van der Waals surface area contributed by atoms with E-state index in [-0.39, 0.29) is 0 Å². The molecule has 0 unspecified atom stereocenters. The van der Waals surface area contributed by atoms with Crippen LogP contribution in [-0.2, 0) is 6.42 Å². The monoisotopic (exact) mass is 373 g/mol. The fourth-order valence-corrected chi connectivity index (χ4v) is 3.17. The molecule has 0 radical (unpaired) electrons. The molecule has 2 heterocycles. The molecule has 0 aliphatic heterocycles. The SMILES string of the molecule is CCc1nc2ccc(I)cc2c2nc3ccccc3n12. The molecule has 3 nitrogen and oxygen atoms in total. The van der Waals surface area contributed by atoms with Gasteiger partial charge in [0.1, 0.15) is 11.5 Å². The maximum atomic E-state index is 4.81. The molecule has 98 valence electrons. The van der Waals surface area contributed by atoms with Gasteiger partial charge in [0, 0.05) is 15.4 Å². The highest BCUT2D eigenvalue weighted by Gasteiger charge is 2.12. The lowest BCUT2D eigenvalue weighted by Gasteiger charge is -2.07. The lowest BCUT2D eigenvalue weighted by Crippen LogP contribution is -2.00. The predicted octanol–water partition coefficient (Wildman–Crippen LogP) is 4.20. The highest BCUT2D eigenvalue weighted by atomic mass is 127. The fourth-order valence-electron chi connectivity index (χ4n) is 2.68. The average molecular weight is 373 g/mol. The van der Waals surface area contributed by atoms with Crippen LogP contribution in [0.2, 0.25) is 0 Å². The summed E-state index contributed by atoms with van der Waals surface area (Å²) in [6.07, 6.45) is 0.888. The van der Waals surface area contributed by atoms with E-state index in [4.69, 9.17) is 9.97 Å². The largest absolute Gasteiger partial charge is 0.280 e. The zero-order valence-electron chi connectivity index (χ0n) is 11.0. The van der Waals surface area contributed by atoms with E-state index in [1.807, 2.05) is 6.07 Å². The minimum atomic E-state index is 0.888. The molecule has 0 saturated heterocycles. The van der Waals surface area contributed by atoms with Gasteiger partial charge in [-0.15, -0.1) is 0 Å². The Morgan fingerprint density at radius 3 is 2.75 bits per heavy atom. The van der Waals surface area contributed by atoms with E-state index in [9.17, 15) is 0 Å². The molecule has 0 saturated carbocycles. The summed E-state index contributed by atoms with van der Waals surface area (Å²) in [5.41, 5.74) is 4.18. The van der Waals surface area contributed by atoms with Gasteiger partial charge in [-0.2, -0.15) is 0 Å². The number of hydrogen-bond acceptors (Lipinski definition) is 2. The summed E-state index contributed by atoms with van der Waals surface area (Å²) in [5.74, 6) is 1.06. The second kappa shape index (κ2) is 4.41. The summed E-state index contributed by atoms with van der Waals surface area (Å²) in [5, 5.41) is 1.12. The van der Waals surface area contributed by atoms with Crippen LogP contribution >= 0.6 is 22.6 Å². The summed E-state index contributed by atoms with van der Waals surface area (Å²) < 4.78 is 3.39. The molecule has 0 aliphatic carbocycles. The van der Waals surface area contributed by atoms with Gasteiger partial charge in [0.05, 0.1) is 16.6 Å². The van der Waals surface area contributed by atoms with Gasteiger partial charge in [0.25, 0.3) is 0 Å². The summed E-state index contributed by atoms with van der Waals surface area (Å²) in [6, 6.07) is 14.6. The first-order chi connectivity index (χ1) is 9.78. The lowest BCUT2D eigenvalue weighted by molar-refractivity contribution is 0.930. The van der Waals surface area contributed by atoms with Crippen LogP contribution in [0.5, 0.6) is 0 Å². The van der Waals surface area contributed by atoms with Crippen LogP contribution in [0.1, 0.15) is 12.7 Å². The van der Waals surface area contributed by atoms with Gasteiger partial charge in [0.2, 0.25) is 0 Å². The maximum absolute atomic E-state index is 4.81. The summed E-state index contributed by atoms with van der Waals surface area (Å²) in [7, 11) is 0. The Morgan fingerprint density at radius 1 is 1.05 bits per heavy atom. The molecular formula is C16H12IN3. The number of aryl methyl sites for hydroxylation is 1. The second-order valence-electron chi connectivity index (χ2n) is 4.80. The predicted molar refractivity (Wildman–Crippen MR) is 90.1 cm³/mol. The van der Waals surface area contributed by atoms with Crippen molar-refractivity contribution in [2.24, 2.45) is 0 Å². The number of fused-ring (bicyclic) bond motifs is 5. The Hall–Kier alpha value is -1.69. The molecule has 0 N–H and O–H groups in total. The second-order valence-corrected chi connectivity index (χ2v) is 6.05. The van der Waals surface area contributed by atoms with Crippen molar-refractivity contribution in [2.75, 3.05) is 0 Å². The number of nitrogens with zero attached hydrogens (tertiary/aromatic N) is 3. The first kappa shape index (κ1) is 12.1. The molecule has 4 aromatic rings. The lowest BCUT2D eigenvalue weighted by atomic mass is 10.2. The van der Waals surface area contributed by atoms with Crippen molar-refractivity contribution in [3.05, 3.63) is 51.9 Å². The highest BCUT2D eigenvalue weighted by molar-refractivity contribution is 14.1. The molecule has 0 atom stereocenters. The van der Waals surface area contributed by atoms with E-state index < -0.39 is 0 Å². The molecule has 0 spiro atoms. The number of rotatable bonds is 1. The van der Waals surface area contributed by atoms with Gasteiger partial charge in [-0.25, -0.2) is 9.97 Å². The number of imidazole rings is 1. The summed E-state index contributed by atoms with van der Waals surface area (Å²) in [6.45, 7) is 2.13. The van der Waals surface area contributed by atoms with Gasteiger partial charge >= 0.3 is 0 Å². The molecule has 2 aromatic heterocycles. The number of para-hydroxylation sites is 2. The van der Waals surface area contributed by atoms with E-state index >= 15 is 0 Å². The molecule has 0 fully saturated rings. The molecular weight excluding hydrogens is 361 g/mol. The minimum Gasteiger partial charge on any atom is -0.280 e. The van der Waals surface area contributed by atoms with Crippen LogP contribution in [0, 0.1) is 3.57 Å². The van der Waals surface area contributed by atoms with Crippen molar-refractivity contribution >= 4 is 50.2 Å². The van der Waals surface area contributed by atoms with Crippen LogP contribution in [0.25, 0.3) is 27.6 Å². The van der Waals surface area contributed by atoms with Crippen molar-refractivity contribution in [3.8, 4) is 0 Å². The first-order valence-corrected chi connectivity index (χ1v) is 7.71. The molecule has 4 rings (SSSR count). The quantitative estimate of drug-likeness (QED) is 0.468. The Bertz CT molecular complexity index is 956. The van der Waals surface area contributed by atoms with E-state index in [1.54, 1.807) is 0 Å². The van der Waals surface area contributed by atoms with Crippen LogP contribution in [0.4, 0.5) is 0 Å². The first-order valence-electron chi connectivity index (χ1n) is 6.63. The third-order valence-corrected chi connectivity index (χ3v) is 4.26. The van der Waals surface area contributed by atoms with E-state index in [2.05, 4.69) is 70.3 Å². The molecule has 0 bridgehead atoms. The van der Waals surface area contributed by atoms with E-state index in [0.29, 0.717) is 0 Å². The van der Waals surface area contributed by atoms with Crippen molar-refractivity contribution < 1.29 is 0 Å². The Labute approximate surface area is 129 Å². The summed E-state index contributed by atoms with van der Waals surface area (Å²) >= 11 is 2.33. The average Bonchev–Trinajstić information content (AvgIpc) is 2.86. The van der Waals surface area contributed by atoms with Gasteiger partial charge in [0.15, 0.2) is 0 Å². The third kappa shape index (κ3) is 1.64. The standard InChI is InChI=1S/C16H12IN3/c1-2-15-18-12-8-7-10(17)9-11(12)16-19-13-5-3-4-6-14(13)20(15)16/h3-9H,2H2,1H3. The molecule has 0 aliphatic rings. The number of aromatic nitrogens is 3. The molecule has 2 aromatic carbocycles. The highest BCUT2D eigenvalue weighted by Crippen LogP contribution is 2.26. The van der Waals surface area contributed by atoms with Crippen molar-refractivity contribution in [1.82, 2.24) is 14.4 Å². The minimum absolute atomic E-state index is 0.888. The van der Waals surface area contributed by atoms with Crippen LogP contribution < -0.4 is 0 Å². The normalized spacial score (nSPS) is 11.7. The van der Waals surface area contributed by atoms with Gasteiger partial charge in [-0.3, -0.25) is 4.40 Å². The van der Waals surface area contributed by atoms with Crippen LogP contribution in [-0.4, -0.2) is 14.4 Å². The van der Waals surface area contributed by atoms with Crippen LogP contribution in [0.3, 0.4) is 0 Å². The van der Waals surface area contributed by atoms with E-state index in [0.717, 1.165) is 39.8 Å². The number of halogens is 1. The van der Waals surface area contributed by atoms with Gasteiger partial charge < -0.3 is 0 Å². The molecule has 4 heteroatoms. The van der Waals surface area contributed by atoms with Crippen molar-refractivity contribution in [2.45, 2.75) is 13.3 Å². The van der Waals surface area contributed by atoms with E-state index in [1.165, 1.54) is 3.57 Å². The Balaban J connectivity index is 2.32. The van der Waals surface area contributed by atoms with Crippen molar-refractivity contribution in [3.63, 3.8) is 0 Å².